The van der Waals surface area contributed by atoms with Crippen LogP contribution in [0.2, 0.25) is 0 Å². The largest absolute Gasteiger partial charge is 0.389 e. The number of halogens is 1. The van der Waals surface area contributed by atoms with E-state index in [4.69, 9.17) is 5.21 Å². The lowest BCUT2D eigenvalue weighted by Crippen LogP contribution is -2.51. The minimum absolute atomic E-state index is 0.441. The Morgan fingerprint density at radius 2 is 1.68 bits per heavy atom. The maximum Gasteiger partial charge on any atom is 0.252 e. The normalized spacial score (nSPS) is 13.6. The first-order valence-electron chi connectivity index (χ1n) is 8.19. The van der Waals surface area contributed by atoms with Crippen molar-refractivity contribution >= 4 is 44.5 Å². The first-order chi connectivity index (χ1) is 11.7. The number of aliphatic hydroxyl groups is 1. The van der Waals surface area contributed by atoms with Crippen molar-refractivity contribution in [3.8, 4) is 9.75 Å². The van der Waals surface area contributed by atoms with Crippen molar-refractivity contribution < 1.29 is 15.1 Å². The van der Waals surface area contributed by atoms with Gasteiger partial charge in [-0.3, -0.25) is 10.0 Å². The monoisotopic (exact) mass is 447 g/mol. The quantitative estimate of drug-likeness (QED) is 0.405. The van der Waals surface area contributed by atoms with Gasteiger partial charge >= 0.3 is 0 Å². The van der Waals surface area contributed by atoms with Crippen LogP contribution in [0.25, 0.3) is 9.75 Å². The molecule has 1 unspecified atom stereocenters. The maximum absolute atomic E-state index is 12.0. The number of carbonyl (C=O) groups excluding carboxylic acids is 1. The summed E-state index contributed by atoms with van der Waals surface area (Å²) in [7, 11) is 0. The van der Waals surface area contributed by atoms with E-state index in [9.17, 15) is 9.90 Å². The van der Waals surface area contributed by atoms with Gasteiger partial charge in [0.15, 0.2) is 0 Å². The topological polar surface area (TPSA) is 69.6 Å². The predicted molar refractivity (Wildman–Crippen MR) is 109 cm³/mol. The summed E-state index contributed by atoms with van der Waals surface area (Å²) in [6, 6.07) is 8.22. The van der Waals surface area contributed by atoms with Crippen molar-refractivity contribution in [3.63, 3.8) is 0 Å². The van der Waals surface area contributed by atoms with E-state index in [1.165, 1.54) is 9.75 Å². The molecule has 3 N–H and O–H groups in total. The summed E-state index contributed by atoms with van der Waals surface area (Å²) in [5.74, 6) is -0.566. The molecule has 2 rings (SSSR count). The van der Waals surface area contributed by atoms with Gasteiger partial charge in [-0.25, -0.2) is 5.48 Å². The molecule has 0 aliphatic carbocycles. The average molecular weight is 448 g/mol. The SMILES string of the molecule is CC.CC(C)(O)C(C)(CCc1ccc(-c2ccc(Br)s2)s1)C(=O)NO. The number of carbonyl (C=O) groups is 1. The molecule has 0 fully saturated rings. The fraction of sp³-hybridized carbons (Fsp3) is 0.500. The Hall–Kier alpha value is -0.730. The van der Waals surface area contributed by atoms with Crippen molar-refractivity contribution in [3.05, 3.63) is 32.9 Å². The zero-order valence-corrected chi connectivity index (χ0v) is 18.4. The molecule has 0 spiro atoms. The third kappa shape index (κ3) is 5.37. The Morgan fingerprint density at radius 1 is 1.12 bits per heavy atom. The number of hydrogen-bond acceptors (Lipinski definition) is 5. The molecule has 0 saturated carbocycles. The Bertz CT molecular complexity index is 691. The zero-order valence-electron chi connectivity index (χ0n) is 15.2. The first-order valence-corrected chi connectivity index (χ1v) is 10.6. The van der Waals surface area contributed by atoms with Gasteiger partial charge in [-0.1, -0.05) is 13.8 Å². The highest BCUT2D eigenvalue weighted by Gasteiger charge is 2.45. The van der Waals surface area contributed by atoms with Gasteiger partial charge in [0.2, 0.25) is 0 Å². The highest BCUT2D eigenvalue weighted by atomic mass is 79.9. The van der Waals surface area contributed by atoms with E-state index in [0.717, 1.165) is 8.66 Å². The molecule has 2 aromatic heterocycles. The molecule has 2 aromatic rings. The summed E-state index contributed by atoms with van der Waals surface area (Å²) in [6.45, 7) is 8.85. The van der Waals surface area contributed by atoms with Crippen molar-refractivity contribution in [1.29, 1.82) is 0 Å². The first kappa shape index (κ1) is 22.3. The standard InChI is InChI=1S/C16H20BrNO3S2.C2H6/c1-15(2,20)16(3,14(19)18-21)9-8-10-4-5-11(22-10)12-6-7-13(17)23-12;1-2/h4-7,20-21H,8-9H2,1-3H3,(H,18,19);1-2H3. The lowest BCUT2D eigenvalue weighted by atomic mass is 9.71. The van der Waals surface area contributed by atoms with Crippen LogP contribution in [0.15, 0.2) is 28.1 Å². The second kappa shape index (κ2) is 9.28. The van der Waals surface area contributed by atoms with Crippen molar-refractivity contribution in [2.75, 3.05) is 0 Å². The smallest absolute Gasteiger partial charge is 0.252 e. The average Bonchev–Trinajstić information content (AvgIpc) is 3.21. The van der Waals surface area contributed by atoms with Crippen LogP contribution in [-0.4, -0.2) is 21.8 Å². The molecule has 4 nitrogen and oxygen atoms in total. The number of hydrogen-bond donors (Lipinski definition) is 3. The van der Waals surface area contributed by atoms with Crippen LogP contribution in [0.5, 0.6) is 0 Å². The molecule has 0 aliphatic heterocycles. The van der Waals surface area contributed by atoms with Crippen LogP contribution in [0.1, 0.15) is 45.9 Å². The van der Waals surface area contributed by atoms with Crippen molar-refractivity contribution in [2.45, 2.75) is 53.1 Å². The molecule has 1 amide bonds. The Balaban J connectivity index is 0.00000151. The molecule has 0 aromatic carbocycles. The van der Waals surface area contributed by atoms with Crippen LogP contribution in [0.3, 0.4) is 0 Å². The number of thiophene rings is 2. The second-order valence-electron chi connectivity index (χ2n) is 6.20. The summed E-state index contributed by atoms with van der Waals surface area (Å²) in [6.07, 6.45) is 1.10. The van der Waals surface area contributed by atoms with Gasteiger partial charge in [0, 0.05) is 14.6 Å². The summed E-state index contributed by atoms with van der Waals surface area (Å²) in [5, 5.41) is 19.3. The minimum Gasteiger partial charge on any atom is -0.389 e. The van der Waals surface area contributed by atoms with Gasteiger partial charge in [-0.15, -0.1) is 22.7 Å². The van der Waals surface area contributed by atoms with Crippen molar-refractivity contribution in [1.82, 2.24) is 5.48 Å². The molecule has 25 heavy (non-hydrogen) atoms. The van der Waals surface area contributed by atoms with E-state index in [0.29, 0.717) is 12.8 Å². The summed E-state index contributed by atoms with van der Waals surface area (Å²) in [4.78, 5) is 15.5. The van der Waals surface area contributed by atoms with Gasteiger partial charge in [0.05, 0.1) is 14.8 Å². The molecular weight excluding hydrogens is 422 g/mol. The van der Waals surface area contributed by atoms with E-state index < -0.39 is 16.9 Å². The lowest BCUT2D eigenvalue weighted by Gasteiger charge is -2.38. The Morgan fingerprint density at radius 3 is 2.16 bits per heavy atom. The van der Waals surface area contributed by atoms with Gasteiger partial charge in [0.1, 0.15) is 0 Å². The summed E-state index contributed by atoms with van der Waals surface area (Å²) in [5.41, 5.74) is -0.626. The summed E-state index contributed by atoms with van der Waals surface area (Å²) >= 11 is 6.83. The number of hydroxylamine groups is 1. The van der Waals surface area contributed by atoms with Gasteiger partial charge < -0.3 is 5.11 Å². The van der Waals surface area contributed by atoms with Crippen LogP contribution < -0.4 is 5.48 Å². The van der Waals surface area contributed by atoms with Gasteiger partial charge in [-0.05, 0) is 73.8 Å². The van der Waals surface area contributed by atoms with Gasteiger partial charge in [0.25, 0.3) is 5.91 Å². The Kier molecular flexibility index (Phi) is 8.28. The highest BCUT2D eigenvalue weighted by molar-refractivity contribution is 9.11. The zero-order chi connectivity index (χ0) is 19.3. The minimum atomic E-state index is -1.24. The summed E-state index contributed by atoms with van der Waals surface area (Å²) < 4.78 is 1.09. The third-order valence-corrected chi connectivity index (χ3v) is 7.27. The second-order valence-corrected chi connectivity index (χ2v) is 9.83. The number of rotatable bonds is 6. The fourth-order valence-corrected chi connectivity index (χ4v) is 4.77. The molecule has 0 saturated heterocycles. The Labute approximate surface area is 166 Å². The maximum atomic E-state index is 12.0. The van der Waals surface area contributed by atoms with Crippen LogP contribution >= 0.6 is 38.6 Å². The molecular formula is C18H26BrNO3S2. The fourth-order valence-electron chi connectivity index (χ4n) is 2.29. The molecule has 0 bridgehead atoms. The number of amides is 1. The number of nitrogens with one attached hydrogen (secondary N) is 1. The third-order valence-electron chi connectivity index (χ3n) is 4.30. The van der Waals surface area contributed by atoms with Gasteiger partial charge in [-0.2, -0.15) is 0 Å². The highest BCUT2D eigenvalue weighted by Crippen LogP contribution is 2.39. The molecule has 7 heteroatoms. The van der Waals surface area contributed by atoms with E-state index in [1.807, 2.05) is 19.9 Å². The van der Waals surface area contributed by atoms with E-state index >= 15 is 0 Å². The van der Waals surface area contributed by atoms with Crippen LogP contribution in [0, 0.1) is 5.41 Å². The van der Waals surface area contributed by atoms with E-state index in [1.54, 1.807) is 48.9 Å². The van der Waals surface area contributed by atoms with Crippen LogP contribution in [0.4, 0.5) is 0 Å². The molecule has 0 radical (unpaired) electrons. The molecule has 1 atom stereocenters. The number of aryl methyl sites for hydroxylation is 1. The van der Waals surface area contributed by atoms with Crippen LogP contribution in [-0.2, 0) is 11.2 Å². The predicted octanol–water partition coefficient (Wildman–Crippen LogP) is 5.48. The lowest BCUT2D eigenvalue weighted by molar-refractivity contribution is -0.154. The van der Waals surface area contributed by atoms with E-state index in [-0.39, 0.29) is 0 Å². The van der Waals surface area contributed by atoms with Crippen molar-refractivity contribution in [2.24, 2.45) is 5.41 Å². The molecule has 2 heterocycles. The molecule has 0 aliphatic rings. The van der Waals surface area contributed by atoms with E-state index in [2.05, 4.69) is 34.1 Å². The molecule has 140 valence electrons.